The molecule has 0 spiro atoms. The highest BCUT2D eigenvalue weighted by atomic mass is 14.9. The van der Waals surface area contributed by atoms with Crippen molar-refractivity contribution in [1.82, 2.24) is 24.9 Å². The van der Waals surface area contributed by atoms with Gasteiger partial charge in [-0.1, -0.05) is 121 Å². The summed E-state index contributed by atoms with van der Waals surface area (Å²) >= 11 is 0. The van der Waals surface area contributed by atoms with Gasteiger partial charge in [-0.15, -0.1) is 0 Å². The Labute approximate surface area is 283 Å². The van der Waals surface area contributed by atoms with Gasteiger partial charge in [-0.05, 0) is 48.4 Å². The predicted octanol–water partition coefficient (Wildman–Crippen LogP) is 10.8. The van der Waals surface area contributed by atoms with E-state index in [0.29, 0.717) is 5.82 Å². The number of hydrogen-bond acceptors (Lipinski definition) is 5. The van der Waals surface area contributed by atoms with Crippen LogP contribution in [0, 0.1) is 6.92 Å². The van der Waals surface area contributed by atoms with Crippen molar-refractivity contribution in [2.45, 2.75) is 6.92 Å². The van der Waals surface area contributed by atoms with Crippen LogP contribution in [0.1, 0.15) is 5.56 Å². The van der Waals surface area contributed by atoms with E-state index in [-0.39, 0.29) is 0 Å². The van der Waals surface area contributed by atoms with Gasteiger partial charge in [0.2, 0.25) is 0 Å². The maximum Gasteiger partial charge on any atom is 0.160 e. The summed E-state index contributed by atoms with van der Waals surface area (Å²) in [5.74, 6) is 0.633. The van der Waals surface area contributed by atoms with Crippen LogP contribution in [0.4, 0.5) is 0 Å². The zero-order valence-electron chi connectivity index (χ0n) is 26.7. The molecule has 0 N–H and O–H groups in total. The first-order valence-corrected chi connectivity index (χ1v) is 16.3. The number of rotatable bonds is 5. The molecule has 0 aliphatic heterocycles. The molecule has 0 saturated carbocycles. The molecule has 49 heavy (non-hydrogen) atoms. The van der Waals surface area contributed by atoms with Gasteiger partial charge >= 0.3 is 0 Å². The van der Waals surface area contributed by atoms with Gasteiger partial charge in [0.05, 0.1) is 39.3 Å². The first-order chi connectivity index (χ1) is 24.2. The lowest BCUT2D eigenvalue weighted by Gasteiger charge is -2.13. The van der Waals surface area contributed by atoms with Crippen LogP contribution in [0.25, 0.3) is 89.1 Å². The van der Waals surface area contributed by atoms with E-state index in [2.05, 4.69) is 110 Å². The molecule has 230 valence electrons. The smallest absolute Gasteiger partial charge is 0.160 e. The van der Waals surface area contributed by atoms with Crippen LogP contribution >= 0.6 is 0 Å². The molecule has 0 aliphatic rings. The molecular weight excluding hydrogens is 599 g/mol. The molecule has 9 rings (SSSR count). The second-order valence-electron chi connectivity index (χ2n) is 12.2. The number of hydrogen-bond donors (Lipinski definition) is 0. The van der Waals surface area contributed by atoms with Gasteiger partial charge in [-0.2, -0.15) is 0 Å². The molecule has 5 aromatic carbocycles. The summed E-state index contributed by atoms with van der Waals surface area (Å²) in [7, 11) is 0. The summed E-state index contributed by atoms with van der Waals surface area (Å²) < 4.78 is 0. The van der Waals surface area contributed by atoms with Crippen LogP contribution in [0.5, 0.6) is 0 Å². The molecule has 0 atom stereocenters. The molecule has 0 aliphatic carbocycles. The second-order valence-corrected chi connectivity index (χ2v) is 12.2. The molecule has 5 nitrogen and oxygen atoms in total. The van der Waals surface area contributed by atoms with Gasteiger partial charge in [0.25, 0.3) is 0 Å². The first kappa shape index (κ1) is 28.6. The summed E-state index contributed by atoms with van der Waals surface area (Å²) in [6.45, 7) is 2.13. The third kappa shape index (κ3) is 5.28. The summed E-state index contributed by atoms with van der Waals surface area (Å²) in [6.07, 6.45) is 1.84. The predicted molar refractivity (Wildman–Crippen MR) is 200 cm³/mol. The van der Waals surface area contributed by atoms with Crippen molar-refractivity contribution < 1.29 is 0 Å². The lowest BCUT2D eigenvalue weighted by atomic mass is 9.99. The van der Waals surface area contributed by atoms with Gasteiger partial charge in [0, 0.05) is 44.6 Å². The van der Waals surface area contributed by atoms with Crippen LogP contribution in [-0.4, -0.2) is 24.9 Å². The lowest BCUT2D eigenvalue weighted by molar-refractivity contribution is 1.17. The van der Waals surface area contributed by atoms with Gasteiger partial charge in [0.15, 0.2) is 5.82 Å². The van der Waals surface area contributed by atoms with E-state index in [1.54, 1.807) is 0 Å². The second kappa shape index (κ2) is 11.9. The number of benzene rings is 5. The Hall–Kier alpha value is -6.59. The maximum absolute atomic E-state index is 5.28. The molecule has 0 radical (unpaired) electrons. The molecular formula is C44H29N5. The number of aryl methyl sites for hydroxylation is 1. The fourth-order valence-electron chi connectivity index (χ4n) is 6.57. The molecule has 0 unspecified atom stereocenters. The third-order valence-electron chi connectivity index (χ3n) is 9.04. The van der Waals surface area contributed by atoms with Crippen LogP contribution in [0.2, 0.25) is 0 Å². The zero-order valence-corrected chi connectivity index (χ0v) is 26.7. The van der Waals surface area contributed by atoms with Gasteiger partial charge in [-0.25, -0.2) is 19.9 Å². The van der Waals surface area contributed by atoms with Crippen LogP contribution in [0.3, 0.4) is 0 Å². The number of para-hydroxylation sites is 1. The van der Waals surface area contributed by atoms with Gasteiger partial charge < -0.3 is 0 Å². The molecule has 0 saturated heterocycles. The monoisotopic (exact) mass is 627 g/mol. The van der Waals surface area contributed by atoms with Gasteiger partial charge in [-0.3, -0.25) is 4.98 Å². The average Bonchev–Trinajstić information content (AvgIpc) is 3.18. The van der Waals surface area contributed by atoms with E-state index in [1.165, 1.54) is 0 Å². The molecule has 4 heterocycles. The van der Waals surface area contributed by atoms with Crippen LogP contribution in [0.15, 0.2) is 158 Å². The van der Waals surface area contributed by atoms with Crippen molar-refractivity contribution in [3.8, 4) is 56.4 Å². The normalized spacial score (nSPS) is 11.4. The zero-order chi connectivity index (χ0) is 32.7. The molecule has 5 heteroatoms. The Morgan fingerprint density at radius 2 is 1.02 bits per heavy atom. The summed E-state index contributed by atoms with van der Waals surface area (Å²) in [6, 6.07) is 51.9. The summed E-state index contributed by atoms with van der Waals surface area (Å²) in [5, 5.41) is 3.22. The minimum absolute atomic E-state index is 0.633. The number of fused-ring (bicyclic) bond motifs is 4. The topological polar surface area (TPSA) is 64.5 Å². The minimum Gasteiger partial charge on any atom is -0.256 e. The Balaban J connectivity index is 1.23. The lowest BCUT2D eigenvalue weighted by Crippen LogP contribution is -1.99. The molecule has 0 fully saturated rings. The number of nitrogens with zero attached hydrogens (tertiary/aromatic N) is 5. The van der Waals surface area contributed by atoms with Crippen molar-refractivity contribution in [3.63, 3.8) is 0 Å². The highest BCUT2D eigenvalue weighted by Gasteiger charge is 2.16. The Morgan fingerprint density at radius 1 is 0.388 bits per heavy atom. The van der Waals surface area contributed by atoms with E-state index in [4.69, 9.17) is 24.9 Å². The highest BCUT2D eigenvalue weighted by Crippen LogP contribution is 2.34. The fraction of sp³-hybridized carbons (Fsp3) is 0.0227. The van der Waals surface area contributed by atoms with E-state index in [1.807, 2.05) is 54.7 Å². The van der Waals surface area contributed by atoms with E-state index >= 15 is 0 Å². The van der Waals surface area contributed by atoms with Crippen molar-refractivity contribution in [3.05, 3.63) is 163 Å². The largest absolute Gasteiger partial charge is 0.256 e. The molecule has 9 aromatic rings. The van der Waals surface area contributed by atoms with Crippen molar-refractivity contribution >= 4 is 32.7 Å². The quantitative estimate of drug-likeness (QED) is 0.178. The first-order valence-electron chi connectivity index (χ1n) is 16.3. The number of aromatic nitrogens is 5. The fourth-order valence-corrected chi connectivity index (χ4v) is 6.57. The molecule has 4 aromatic heterocycles. The van der Waals surface area contributed by atoms with E-state index in [9.17, 15) is 0 Å². The van der Waals surface area contributed by atoms with E-state index < -0.39 is 0 Å². The summed E-state index contributed by atoms with van der Waals surface area (Å²) in [4.78, 5) is 25.4. The van der Waals surface area contributed by atoms with Crippen molar-refractivity contribution in [2.24, 2.45) is 0 Å². The third-order valence-corrected chi connectivity index (χ3v) is 9.04. The Kier molecular flexibility index (Phi) is 6.95. The summed E-state index contributed by atoms with van der Waals surface area (Å²) in [5.41, 5.74) is 12.2. The average molecular weight is 628 g/mol. The number of pyridine rings is 3. The van der Waals surface area contributed by atoms with Crippen molar-refractivity contribution in [2.75, 3.05) is 0 Å². The van der Waals surface area contributed by atoms with Crippen molar-refractivity contribution in [1.29, 1.82) is 0 Å². The SMILES string of the molecule is Cc1cc(-c2cc(-c3ccccc3)nc(-c3cccc(-c4cccc5cccnc45)c3)n2)nc2c1ccc1ccc(-c3ccccc3)nc12. The van der Waals surface area contributed by atoms with Gasteiger partial charge in [0.1, 0.15) is 0 Å². The highest BCUT2D eigenvalue weighted by molar-refractivity contribution is 6.05. The Bertz CT molecular complexity index is 2660. The molecule has 0 amide bonds. The maximum atomic E-state index is 5.28. The van der Waals surface area contributed by atoms with E-state index in [0.717, 1.165) is 88.9 Å². The van der Waals surface area contributed by atoms with Crippen LogP contribution < -0.4 is 0 Å². The minimum atomic E-state index is 0.633. The molecule has 0 bridgehead atoms. The van der Waals surface area contributed by atoms with Crippen LogP contribution in [-0.2, 0) is 0 Å². The standard InChI is InChI=1S/C44H29N5/c1-28-25-39(47-43-35(28)22-20-32-21-23-37(46-42(32)43)29-11-4-2-5-12-29)40-27-38(30-13-6-3-7-14-30)48-44(49-40)34-17-8-16-33(26-34)36-19-9-15-31-18-10-24-45-41(31)36/h2-27H,1H3. The Morgan fingerprint density at radius 3 is 1.86 bits per heavy atom.